The van der Waals surface area contributed by atoms with Gasteiger partial charge in [0.15, 0.2) is 34.9 Å². The van der Waals surface area contributed by atoms with Gasteiger partial charge in [-0.25, -0.2) is 29.9 Å². The fraction of sp³-hybridized carbons (Fsp3) is 0.0714. The highest BCUT2D eigenvalue weighted by Crippen LogP contribution is 2.54. The molecule has 8 heteroatoms. The van der Waals surface area contributed by atoms with E-state index in [-0.39, 0.29) is 10.8 Å². The number of nitrogens with zero attached hydrogens (tertiary/aromatic N) is 6. The molecule has 0 spiro atoms. The first-order valence-corrected chi connectivity index (χ1v) is 32.9. The predicted octanol–water partition coefficient (Wildman–Crippen LogP) is 22.4. The topological polar surface area (TPSA) is 77.3 Å². The molecule has 0 fully saturated rings. The van der Waals surface area contributed by atoms with Crippen molar-refractivity contribution in [1.29, 1.82) is 0 Å². The summed E-state index contributed by atoms with van der Waals surface area (Å²) in [5.41, 5.74) is 21.6. The Labute approximate surface area is 542 Å². The number of thiophene rings is 2. The fourth-order valence-corrected chi connectivity index (χ4v) is 16.2. The van der Waals surface area contributed by atoms with E-state index in [1.807, 2.05) is 144 Å². The third-order valence-corrected chi connectivity index (χ3v) is 21.0. The van der Waals surface area contributed by atoms with Crippen LogP contribution in [0.3, 0.4) is 0 Å². The highest BCUT2D eigenvalue weighted by atomic mass is 32.1. The molecule has 12 aromatic carbocycles. The maximum atomic E-state index is 4.98. The molecule has 4 heterocycles. The average molecular weight is 1220 g/mol. The van der Waals surface area contributed by atoms with E-state index >= 15 is 0 Å². The summed E-state index contributed by atoms with van der Waals surface area (Å²) in [7, 11) is 0. The van der Waals surface area contributed by atoms with Gasteiger partial charge in [0.05, 0.1) is 0 Å². The first-order chi connectivity index (χ1) is 45.1. The molecule has 92 heavy (non-hydrogen) atoms. The van der Waals surface area contributed by atoms with Crippen molar-refractivity contribution in [3.05, 3.63) is 301 Å². The molecule has 2 aliphatic rings. The molecule has 0 atom stereocenters. The molecule has 0 unspecified atom stereocenters. The van der Waals surface area contributed by atoms with Crippen molar-refractivity contribution in [3.8, 4) is 113 Å². The molecule has 16 aromatic rings. The van der Waals surface area contributed by atoms with Crippen LogP contribution >= 0.6 is 22.7 Å². The lowest BCUT2D eigenvalue weighted by Crippen LogP contribution is -2.14. The molecular formula is C84H58N6S2. The predicted molar refractivity (Wildman–Crippen MR) is 384 cm³/mol. The summed E-state index contributed by atoms with van der Waals surface area (Å²) in [6.07, 6.45) is 0. The van der Waals surface area contributed by atoms with Gasteiger partial charge in [-0.1, -0.05) is 264 Å². The summed E-state index contributed by atoms with van der Waals surface area (Å²) in [5, 5.41) is 5.28. The Morgan fingerprint density at radius 3 is 1.08 bits per heavy atom. The molecule has 0 amide bonds. The van der Waals surface area contributed by atoms with E-state index in [1.54, 1.807) is 0 Å². The second-order valence-corrected chi connectivity index (χ2v) is 27.1. The molecule has 0 aliphatic heterocycles. The Balaban J connectivity index is 0.000000141. The van der Waals surface area contributed by atoms with E-state index in [0.29, 0.717) is 34.9 Å². The standard InChI is InChI=1S/2C42H29N3S/c1-42(2)35-22-10-9-19-31(35)33-25-37-34(24-36(33)42)32-21-12-20-30(38(32)46-37)28-17-11-18-29(23-28)41-44-39(26-13-5-3-6-14-26)43-40(45-41)27-15-7-4-8-16-27;1-42(2)35-16-10-9-15-31(35)32-25-38-34(24-36(32)42)33-23-30(21-22-37(33)46-38)26-17-19-29(20-18-26)41-44-39(27-11-5-3-6-12-27)43-40(45-41)28-13-7-4-8-14-28/h2*3-25H,1-2H3. The molecule has 0 N–H and O–H groups in total. The Bertz CT molecular complexity index is 5450. The zero-order chi connectivity index (χ0) is 61.7. The molecule has 4 aromatic heterocycles. The third kappa shape index (κ3) is 9.44. The molecule has 0 bridgehead atoms. The molecule has 0 radical (unpaired) electrons. The summed E-state index contributed by atoms with van der Waals surface area (Å²) in [6.45, 7) is 9.40. The van der Waals surface area contributed by atoms with Gasteiger partial charge < -0.3 is 0 Å². The summed E-state index contributed by atoms with van der Waals surface area (Å²) in [5.74, 6) is 3.99. The number of benzene rings is 12. The largest absolute Gasteiger partial charge is 0.208 e. The molecule has 0 saturated carbocycles. The van der Waals surface area contributed by atoms with Gasteiger partial charge in [0.2, 0.25) is 0 Å². The van der Waals surface area contributed by atoms with Crippen molar-refractivity contribution < 1.29 is 0 Å². The summed E-state index contributed by atoms with van der Waals surface area (Å²) in [4.78, 5) is 29.5. The Hall–Kier alpha value is -10.9. The van der Waals surface area contributed by atoms with Gasteiger partial charge in [0.25, 0.3) is 0 Å². The molecule has 436 valence electrons. The highest BCUT2D eigenvalue weighted by molar-refractivity contribution is 7.26. The number of aromatic nitrogens is 6. The maximum absolute atomic E-state index is 4.98. The van der Waals surface area contributed by atoms with E-state index in [0.717, 1.165) is 38.9 Å². The monoisotopic (exact) mass is 1210 g/mol. The van der Waals surface area contributed by atoms with E-state index < -0.39 is 0 Å². The Morgan fingerprint density at radius 2 is 0.576 bits per heavy atom. The zero-order valence-electron chi connectivity index (χ0n) is 51.1. The lowest BCUT2D eigenvalue weighted by atomic mass is 9.82. The molecule has 18 rings (SSSR count). The van der Waals surface area contributed by atoms with Gasteiger partial charge in [0.1, 0.15) is 0 Å². The smallest absolute Gasteiger partial charge is 0.164 e. The summed E-state index contributed by atoms with van der Waals surface area (Å²) >= 11 is 3.77. The minimum atomic E-state index is -0.0257. The lowest BCUT2D eigenvalue weighted by molar-refractivity contribution is 0.661. The third-order valence-electron chi connectivity index (χ3n) is 18.7. The van der Waals surface area contributed by atoms with Crippen LogP contribution in [-0.2, 0) is 10.8 Å². The number of hydrogen-bond acceptors (Lipinski definition) is 8. The quantitative estimate of drug-likeness (QED) is 0.151. The molecule has 6 nitrogen and oxygen atoms in total. The van der Waals surface area contributed by atoms with E-state index in [9.17, 15) is 0 Å². The van der Waals surface area contributed by atoms with Gasteiger partial charge >= 0.3 is 0 Å². The SMILES string of the molecule is CC1(C)c2ccccc2-c2cc3sc4c(-c5cccc(-c6nc(-c7ccccc7)nc(-c7ccccc7)n6)c5)cccc4c3cc21.CC1(C)c2ccccc2-c2cc3sc4ccc(-c5ccc(-c6nc(-c7ccccc7)nc(-c7ccccc7)n6)cc5)cc4c3cc21. The van der Waals surface area contributed by atoms with Crippen LogP contribution < -0.4 is 0 Å². The Kier molecular flexibility index (Phi) is 13.2. The van der Waals surface area contributed by atoms with Gasteiger partial charge in [-0.3, -0.25) is 0 Å². The van der Waals surface area contributed by atoms with Crippen LogP contribution in [0.1, 0.15) is 49.9 Å². The number of fused-ring (bicyclic) bond motifs is 12. The summed E-state index contributed by atoms with van der Waals surface area (Å²) in [6, 6.07) is 98.7. The number of hydrogen-bond donors (Lipinski definition) is 0. The minimum absolute atomic E-state index is 0.0163. The lowest BCUT2D eigenvalue weighted by Gasteiger charge is -2.21. The molecule has 0 saturated heterocycles. The average Bonchev–Trinajstić information content (AvgIpc) is 1.57. The maximum Gasteiger partial charge on any atom is 0.164 e. The number of rotatable bonds is 8. The summed E-state index contributed by atoms with van der Waals surface area (Å²) < 4.78 is 5.28. The fourth-order valence-electron chi connectivity index (χ4n) is 13.9. The minimum Gasteiger partial charge on any atom is -0.208 e. The van der Waals surface area contributed by atoms with E-state index in [1.165, 1.54) is 102 Å². The van der Waals surface area contributed by atoms with Crippen LogP contribution in [-0.4, -0.2) is 29.9 Å². The van der Waals surface area contributed by atoms with Gasteiger partial charge in [0, 0.05) is 84.6 Å². The van der Waals surface area contributed by atoms with Crippen molar-refractivity contribution in [3.63, 3.8) is 0 Å². The second-order valence-electron chi connectivity index (χ2n) is 25.0. The van der Waals surface area contributed by atoms with Crippen molar-refractivity contribution in [1.82, 2.24) is 29.9 Å². The van der Waals surface area contributed by atoms with Crippen molar-refractivity contribution in [2.45, 2.75) is 38.5 Å². The first-order valence-electron chi connectivity index (χ1n) is 31.2. The second kappa shape index (κ2) is 22.0. The first kappa shape index (κ1) is 55.2. The molecular weight excluding hydrogens is 1160 g/mol. The van der Waals surface area contributed by atoms with Crippen LogP contribution in [0.4, 0.5) is 0 Å². The van der Waals surface area contributed by atoms with Crippen LogP contribution in [0.5, 0.6) is 0 Å². The van der Waals surface area contributed by atoms with Gasteiger partial charge in [-0.05, 0) is 109 Å². The highest BCUT2D eigenvalue weighted by Gasteiger charge is 2.37. The molecule has 2 aliphatic carbocycles. The van der Waals surface area contributed by atoms with Gasteiger partial charge in [-0.2, -0.15) is 0 Å². The normalized spacial score (nSPS) is 13.2. The van der Waals surface area contributed by atoms with Crippen molar-refractivity contribution >= 4 is 63.0 Å². The van der Waals surface area contributed by atoms with Crippen LogP contribution in [0, 0.1) is 0 Å². The van der Waals surface area contributed by atoms with E-state index in [2.05, 4.69) is 185 Å². The van der Waals surface area contributed by atoms with Crippen LogP contribution in [0.15, 0.2) is 279 Å². The van der Waals surface area contributed by atoms with Gasteiger partial charge in [-0.15, -0.1) is 22.7 Å². The van der Waals surface area contributed by atoms with Crippen molar-refractivity contribution in [2.75, 3.05) is 0 Å². The van der Waals surface area contributed by atoms with Crippen molar-refractivity contribution in [2.24, 2.45) is 0 Å². The van der Waals surface area contributed by atoms with Crippen LogP contribution in [0.2, 0.25) is 0 Å². The Morgan fingerprint density at radius 1 is 0.217 bits per heavy atom. The zero-order valence-corrected chi connectivity index (χ0v) is 52.7. The van der Waals surface area contributed by atoms with E-state index in [4.69, 9.17) is 29.9 Å². The van der Waals surface area contributed by atoms with Crippen LogP contribution in [0.25, 0.3) is 153 Å².